The Morgan fingerprint density at radius 1 is 1.35 bits per heavy atom. The third kappa shape index (κ3) is 3.62. The maximum atomic E-state index is 13.8. The molecule has 0 aliphatic carbocycles. The van der Waals surface area contributed by atoms with Gasteiger partial charge in [0.2, 0.25) is 5.95 Å². The standard InChI is InChI=1S/C17H20ClFN4/c1-11-8-20-17(21-9-11)22-10-13-5-6-23(2)16(13)12-3-4-14(18)15(19)7-12/h3-4,7-9,13,16H,5-6,10H2,1-2H3,(H,20,21,22). The summed E-state index contributed by atoms with van der Waals surface area (Å²) < 4.78 is 13.8. The molecule has 3 rings (SSSR count). The van der Waals surface area contributed by atoms with Crippen molar-refractivity contribution in [1.82, 2.24) is 14.9 Å². The van der Waals surface area contributed by atoms with Crippen LogP contribution < -0.4 is 5.32 Å². The number of likely N-dealkylation sites (tertiary alicyclic amines) is 1. The number of aromatic nitrogens is 2. The van der Waals surface area contributed by atoms with Gasteiger partial charge in [-0.15, -0.1) is 0 Å². The maximum absolute atomic E-state index is 13.8. The Morgan fingerprint density at radius 3 is 2.78 bits per heavy atom. The molecule has 1 aromatic heterocycles. The summed E-state index contributed by atoms with van der Waals surface area (Å²) in [5, 5.41) is 3.46. The van der Waals surface area contributed by atoms with Gasteiger partial charge in [0.15, 0.2) is 0 Å². The second kappa shape index (κ2) is 6.81. The van der Waals surface area contributed by atoms with Gasteiger partial charge in [0.05, 0.1) is 5.02 Å². The highest BCUT2D eigenvalue weighted by Gasteiger charge is 2.33. The smallest absolute Gasteiger partial charge is 0.222 e. The Morgan fingerprint density at radius 2 is 2.09 bits per heavy atom. The second-order valence-electron chi connectivity index (χ2n) is 6.11. The Labute approximate surface area is 140 Å². The molecular weight excluding hydrogens is 315 g/mol. The van der Waals surface area contributed by atoms with Crippen LogP contribution in [0.25, 0.3) is 0 Å². The van der Waals surface area contributed by atoms with E-state index in [1.807, 2.05) is 13.0 Å². The van der Waals surface area contributed by atoms with Gasteiger partial charge in [-0.05, 0) is 56.1 Å². The first-order valence-corrected chi connectivity index (χ1v) is 8.10. The molecule has 23 heavy (non-hydrogen) atoms. The predicted molar refractivity (Wildman–Crippen MR) is 90.1 cm³/mol. The maximum Gasteiger partial charge on any atom is 0.222 e. The zero-order valence-corrected chi connectivity index (χ0v) is 14.0. The molecule has 4 nitrogen and oxygen atoms in total. The third-order valence-corrected chi connectivity index (χ3v) is 4.67. The summed E-state index contributed by atoms with van der Waals surface area (Å²) in [6.07, 6.45) is 4.63. The molecule has 2 atom stereocenters. The molecule has 2 heterocycles. The molecule has 0 spiro atoms. The minimum atomic E-state index is -0.363. The van der Waals surface area contributed by atoms with Crippen molar-refractivity contribution in [1.29, 1.82) is 0 Å². The lowest BCUT2D eigenvalue weighted by molar-refractivity contribution is 0.281. The number of nitrogens with one attached hydrogen (secondary N) is 1. The van der Waals surface area contributed by atoms with Crippen LogP contribution in [0.2, 0.25) is 5.02 Å². The molecule has 1 aliphatic rings. The van der Waals surface area contributed by atoms with E-state index in [0.717, 1.165) is 30.6 Å². The third-order valence-electron chi connectivity index (χ3n) is 4.36. The number of halogens is 2. The van der Waals surface area contributed by atoms with Gasteiger partial charge < -0.3 is 5.32 Å². The fraction of sp³-hybridized carbons (Fsp3) is 0.412. The van der Waals surface area contributed by atoms with Gasteiger partial charge in [0.25, 0.3) is 0 Å². The number of nitrogens with zero attached hydrogens (tertiary/aromatic N) is 3. The summed E-state index contributed by atoms with van der Waals surface area (Å²) in [7, 11) is 2.07. The SMILES string of the molecule is Cc1cnc(NCC2CCN(C)C2c2ccc(Cl)c(F)c2)nc1. The fourth-order valence-corrected chi connectivity index (χ4v) is 3.29. The van der Waals surface area contributed by atoms with Gasteiger partial charge in [-0.3, -0.25) is 4.90 Å². The van der Waals surface area contributed by atoms with E-state index >= 15 is 0 Å². The van der Waals surface area contributed by atoms with Crippen molar-refractivity contribution in [2.45, 2.75) is 19.4 Å². The van der Waals surface area contributed by atoms with Crippen molar-refractivity contribution in [2.24, 2.45) is 5.92 Å². The van der Waals surface area contributed by atoms with E-state index in [-0.39, 0.29) is 16.9 Å². The number of benzene rings is 1. The van der Waals surface area contributed by atoms with E-state index in [2.05, 4.69) is 27.2 Å². The Hall–Kier alpha value is -1.72. The van der Waals surface area contributed by atoms with Crippen LogP contribution in [-0.4, -0.2) is 35.0 Å². The second-order valence-corrected chi connectivity index (χ2v) is 6.52. The molecule has 1 saturated heterocycles. The number of anilines is 1. The highest BCUT2D eigenvalue weighted by Crippen LogP contribution is 2.37. The normalized spacial score (nSPS) is 21.6. The average Bonchev–Trinajstić information content (AvgIpc) is 2.90. The lowest BCUT2D eigenvalue weighted by Gasteiger charge is -2.26. The van der Waals surface area contributed by atoms with Crippen LogP contribution in [0.1, 0.15) is 23.6 Å². The zero-order valence-electron chi connectivity index (χ0n) is 13.3. The molecule has 122 valence electrons. The summed E-state index contributed by atoms with van der Waals surface area (Å²) in [6.45, 7) is 3.69. The van der Waals surface area contributed by atoms with Crippen LogP contribution >= 0.6 is 11.6 Å². The highest BCUT2D eigenvalue weighted by molar-refractivity contribution is 6.30. The lowest BCUT2D eigenvalue weighted by atomic mass is 9.93. The number of rotatable bonds is 4. The molecule has 1 N–H and O–H groups in total. The Kier molecular flexibility index (Phi) is 4.78. The number of aryl methyl sites for hydroxylation is 1. The topological polar surface area (TPSA) is 41.1 Å². The van der Waals surface area contributed by atoms with Crippen LogP contribution in [0.5, 0.6) is 0 Å². The van der Waals surface area contributed by atoms with E-state index in [1.165, 1.54) is 0 Å². The van der Waals surface area contributed by atoms with E-state index in [1.54, 1.807) is 24.5 Å². The highest BCUT2D eigenvalue weighted by atomic mass is 35.5. The van der Waals surface area contributed by atoms with Crippen molar-refractivity contribution < 1.29 is 4.39 Å². The predicted octanol–water partition coefficient (Wildman–Crippen LogP) is 3.68. The van der Waals surface area contributed by atoms with E-state index < -0.39 is 0 Å². The molecule has 1 aromatic carbocycles. The molecule has 0 radical (unpaired) electrons. The summed E-state index contributed by atoms with van der Waals surface area (Å²) in [5.41, 5.74) is 1.99. The van der Waals surface area contributed by atoms with Gasteiger partial charge >= 0.3 is 0 Å². The fourth-order valence-electron chi connectivity index (χ4n) is 3.17. The first-order valence-electron chi connectivity index (χ1n) is 7.72. The van der Waals surface area contributed by atoms with Crippen LogP contribution in [0.15, 0.2) is 30.6 Å². The van der Waals surface area contributed by atoms with E-state index in [4.69, 9.17) is 11.6 Å². The summed E-state index contributed by atoms with van der Waals surface area (Å²) in [4.78, 5) is 10.8. The molecule has 6 heteroatoms. The minimum absolute atomic E-state index is 0.164. The summed E-state index contributed by atoms with van der Waals surface area (Å²) >= 11 is 5.80. The quantitative estimate of drug-likeness (QED) is 0.926. The number of hydrogen-bond donors (Lipinski definition) is 1. The number of hydrogen-bond acceptors (Lipinski definition) is 4. The van der Waals surface area contributed by atoms with Crippen molar-refractivity contribution in [3.63, 3.8) is 0 Å². The van der Waals surface area contributed by atoms with Gasteiger partial charge in [-0.1, -0.05) is 17.7 Å². The first-order chi connectivity index (χ1) is 11.0. The van der Waals surface area contributed by atoms with Gasteiger partial charge in [0.1, 0.15) is 5.82 Å². The van der Waals surface area contributed by atoms with Crippen molar-refractivity contribution in [2.75, 3.05) is 25.5 Å². The molecule has 0 bridgehead atoms. The zero-order chi connectivity index (χ0) is 16.4. The molecular formula is C17H20ClFN4. The molecule has 0 amide bonds. The van der Waals surface area contributed by atoms with Crippen molar-refractivity contribution in [3.8, 4) is 0 Å². The van der Waals surface area contributed by atoms with Crippen LogP contribution in [-0.2, 0) is 0 Å². The molecule has 1 fully saturated rings. The first kappa shape index (κ1) is 16.1. The Bertz CT molecular complexity index is 677. The summed E-state index contributed by atoms with van der Waals surface area (Å²) in [5.74, 6) is 0.634. The molecule has 2 aromatic rings. The monoisotopic (exact) mass is 334 g/mol. The Balaban J connectivity index is 1.72. The minimum Gasteiger partial charge on any atom is -0.354 e. The van der Waals surface area contributed by atoms with Crippen LogP contribution in [0.3, 0.4) is 0 Å². The van der Waals surface area contributed by atoms with Gasteiger partial charge in [-0.2, -0.15) is 0 Å². The summed E-state index contributed by atoms with van der Waals surface area (Å²) in [6, 6.07) is 5.25. The van der Waals surface area contributed by atoms with E-state index in [0.29, 0.717) is 11.9 Å². The van der Waals surface area contributed by atoms with Crippen molar-refractivity contribution >= 4 is 17.5 Å². The molecule has 0 saturated carbocycles. The van der Waals surface area contributed by atoms with Gasteiger partial charge in [-0.25, -0.2) is 14.4 Å². The average molecular weight is 335 g/mol. The molecule has 2 unspecified atom stereocenters. The lowest BCUT2D eigenvalue weighted by Crippen LogP contribution is -2.25. The largest absolute Gasteiger partial charge is 0.354 e. The van der Waals surface area contributed by atoms with Crippen molar-refractivity contribution in [3.05, 3.63) is 52.6 Å². The van der Waals surface area contributed by atoms with Gasteiger partial charge in [0, 0.05) is 25.0 Å². The van der Waals surface area contributed by atoms with E-state index in [9.17, 15) is 4.39 Å². The van der Waals surface area contributed by atoms with Crippen LogP contribution in [0.4, 0.5) is 10.3 Å². The molecule has 1 aliphatic heterocycles. The van der Waals surface area contributed by atoms with Crippen LogP contribution in [0, 0.1) is 18.7 Å².